The van der Waals surface area contributed by atoms with Crippen LogP contribution in [0.4, 0.5) is 0 Å². The highest BCUT2D eigenvalue weighted by Crippen LogP contribution is 2.58. The minimum absolute atomic E-state index is 0.438. The maximum Gasteiger partial charge on any atom is 0.156 e. The van der Waals surface area contributed by atoms with Crippen molar-refractivity contribution in [2.24, 2.45) is 0 Å². The predicted molar refractivity (Wildman–Crippen MR) is 249 cm³/mol. The summed E-state index contributed by atoms with van der Waals surface area (Å²) in [5.74, 6) is 0. The van der Waals surface area contributed by atoms with Crippen molar-refractivity contribution >= 4 is 69.7 Å². The molecule has 2 nitrogen and oxygen atoms in total. The quantitative estimate of drug-likeness (QED) is 0.174. The Kier molecular flexibility index (Phi) is 6.84. The fraction of sp³-hybridized carbons (Fsp3) is 0.0179. The van der Waals surface area contributed by atoms with Crippen LogP contribution in [0.15, 0.2) is 206 Å². The van der Waals surface area contributed by atoms with Gasteiger partial charge in [0.25, 0.3) is 0 Å². The Hall–Kier alpha value is -7.33. The molecule has 3 aromatic heterocycles. The molecule has 1 aliphatic rings. The molecular weight excluding hydrogens is 733 g/mol. The lowest BCUT2D eigenvalue weighted by molar-refractivity contribution is 0.768. The molecule has 0 spiro atoms. The van der Waals surface area contributed by atoms with E-state index in [1.165, 1.54) is 86.2 Å². The van der Waals surface area contributed by atoms with E-state index in [1.807, 2.05) is 11.3 Å². The van der Waals surface area contributed by atoms with E-state index in [4.69, 9.17) is 4.98 Å². The zero-order valence-corrected chi connectivity index (χ0v) is 32.7. The van der Waals surface area contributed by atoms with E-state index in [0.717, 1.165) is 27.9 Å². The first-order chi connectivity index (χ1) is 29.3. The highest BCUT2D eigenvalue weighted by Gasteiger charge is 2.46. The first-order valence-electron chi connectivity index (χ1n) is 20.3. The highest BCUT2D eigenvalue weighted by molar-refractivity contribution is 7.27. The van der Waals surface area contributed by atoms with Gasteiger partial charge in [0.15, 0.2) is 5.65 Å². The first-order valence-corrected chi connectivity index (χ1v) is 21.1. The number of fused-ring (bicyclic) bond motifs is 14. The molecule has 274 valence electrons. The lowest BCUT2D eigenvalue weighted by Crippen LogP contribution is -2.28. The van der Waals surface area contributed by atoms with Gasteiger partial charge in [0.2, 0.25) is 0 Å². The zero-order chi connectivity index (χ0) is 38.7. The van der Waals surface area contributed by atoms with E-state index in [-0.39, 0.29) is 0 Å². The summed E-state index contributed by atoms with van der Waals surface area (Å²) in [6.07, 6.45) is 0. The molecule has 13 rings (SSSR count). The molecule has 0 N–H and O–H groups in total. The molecule has 59 heavy (non-hydrogen) atoms. The largest absolute Gasteiger partial charge is 0.291 e. The second-order valence-electron chi connectivity index (χ2n) is 15.8. The number of hydrogen-bond donors (Lipinski definition) is 0. The Bertz CT molecular complexity index is 3610. The third kappa shape index (κ3) is 4.48. The van der Waals surface area contributed by atoms with Crippen molar-refractivity contribution in [3.63, 3.8) is 0 Å². The number of pyridine rings is 1. The average Bonchev–Trinajstić information content (AvgIpc) is 3.99. The summed E-state index contributed by atoms with van der Waals surface area (Å²) in [5.41, 5.74) is 15.2. The predicted octanol–water partition coefficient (Wildman–Crippen LogP) is 14.9. The molecule has 0 fully saturated rings. The van der Waals surface area contributed by atoms with Crippen molar-refractivity contribution in [3.8, 4) is 33.5 Å². The summed E-state index contributed by atoms with van der Waals surface area (Å²) in [6.45, 7) is 0. The molecule has 1 aliphatic carbocycles. The third-order valence-corrected chi connectivity index (χ3v) is 14.1. The molecule has 0 amide bonds. The smallest absolute Gasteiger partial charge is 0.156 e. The summed E-state index contributed by atoms with van der Waals surface area (Å²) < 4.78 is 4.93. The molecule has 0 unspecified atom stereocenters. The van der Waals surface area contributed by atoms with E-state index in [2.05, 4.69) is 211 Å². The van der Waals surface area contributed by atoms with Crippen LogP contribution in [0.3, 0.4) is 0 Å². The first kappa shape index (κ1) is 32.7. The van der Waals surface area contributed by atoms with Crippen LogP contribution in [0.5, 0.6) is 0 Å². The van der Waals surface area contributed by atoms with Crippen LogP contribution in [0.1, 0.15) is 22.3 Å². The summed E-state index contributed by atoms with van der Waals surface area (Å²) in [7, 11) is 0. The Balaban J connectivity index is 1.05. The lowest BCUT2D eigenvalue weighted by Gasteiger charge is -2.34. The molecular formula is C56H34N2S. The number of imidazole rings is 1. The van der Waals surface area contributed by atoms with Crippen molar-refractivity contribution in [1.82, 2.24) is 9.38 Å². The second kappa shape index (κ2) is 12.3. The molecule has 0 saturated heterocycles. The molecule has 3 heteroatoms. The molecule has 0 aliphatic heterocycles. The zero-order valence-electron chi connectivity index (χ0n) is 31.9. The minimum atomic E-state index is -0.438. The average molecular weight is 767 g/mol. The number of aromatic nitrogens is 2. The van der Waals surface area contributed by atoms with Gasteiger partial charge in [-0.15, -0.1) is 11.3 Å². The monoisotopic (exact) mass is 766 g/mol. The molecule has 0 atom stereocenters. The fourth-order valence-corrected chi connectivity index (χ4v) is 11.6. The van der Waals surface area contributed by atoms with Crippen molar-refractivity contribution in [1.29, 1.82) is 0 Å². The Morgan fingerprint density at radius 2 is 1.03 bits per heavy atom. The van der Waals surface area contributed by atoms with Gasteiger partial charge < -0.3 is 0 Å². The minimum Gasteiger partial charge on any atom is -0.291 e. The maximum atomic E-state index is 5.50. The van der Waals surface area contributed by atoms with E-state index in [9.17, 15) is 0 Å². The van der Waals surface area contributed by atoms with Crippen LogP contribution >= 0.6 is 11.3 Å². The van der Waals surface area contributed by atoms with Crippen molar-refractivity contribution < 1.29 is 0 Å². The maximum absolute atomic E-state index is 5.50. The number of benzene rings is 9. The third-order valence-electron chi connectivity index (χ3n) is 12.9. The van der Waals surface area contributed by atoms with Crippen LogP contribution in [0.25, 0.3) is 91.9 Å². The van der Waals surface area contributed by atoms with Gasteiger partial charge in [0.1, 0.15) is 0 Å². The van der Waals surface area contributed by atoms with Gasteiger partial charge in [-0.05, 0) is 78.4 Å². The van der Waals surface area contributed by atoms with Gasteiger partial charge in [-0.3, -0.25) is 4.40 Å². The number of thiophene rings is 1. The molecule has 9 aromatic carbocycles. The molecule has 0 bridgehead atoms. The summed E-state index contributed by atoms with van der Waals surface area (Å²) >= 11 is 1.86. The van der Waals surface area contributed by atoms with Gasteiger partial charge >= 0.3 is 0 Å². The molecule has 12 aromatic rings. The van der Waals surface area contributed by atoms with E-state index < -0.39 is 5.41 Å². The summed E-state index contributed by atoms with van der Waals surface area (Å²) in [5, 5.41) is 7.45. The van der Waals surface area contributed by atoms with Crippen LogP contribution in [-0.2, 0) is 5.41 Å². The summed E-state index contributed by atoms with van der Waals surface area (Å²) in [4.78, 5) is 5.50. The second-order valence-corrected chi connectivity index (χ2v) is 16.8. The lowest BCUT2D eigenvalue weighted by atomic mass is 9.67. The van der Waals surface area contributed by atoms with Gasteiger partial charge in [-0.2, -0.15) is 0 Å². The number of hydrogen-bond acceptors (Lipinski definition) is 2. The van der Waals surface area contributed by atoms with Crippen LogP contribution in [0.2, 0.25) is 0 Å². The van der Waals surface area contributed by atoms with E-state index in [1.54, 1.807) is 0 Å². The van der Waals surface area contributed by atoms with Crippen molar-refractivity contribution in [2.45, 2.75) is 5.41 Å². The molecule has 0 radical (unpaired) electrons. The van der Waals surface area contributed by atoms with Gasteiger partial charge in [-0.1, -0.05) is 194 Å². The van der Waals surface area contributed by atoms with Crippen molar-refractivity contribution in [3.05, 3.63) is 229 Å². The van der Waals surface area contributed by atoms with Crippen molar-refractivity contribution in [2.75, 3.05) is 0 Å². The summed E-state index contributed by atoms with van der Waals surface area (Å²) in [6, 6.07) is 76.1. The van der Waals surface area contributed by atoms with Gasteiger partial charge in [-0.25, -0.2) is 4.98 Å². The van der Waals surface area contributed by atoms with E-state index >= 15 is 0 Å². The van der Waals surface area contributed by atoms with Crippen LogP contribution in [-0.4, -0.2) is 9.38 Å². The number of nitrogens with zero attached hydrogens (tertiary/aromatic N) is 2. The topological polar surface area (TPSA) is 17.3 Å². The Morgan fingerprint density at radius 3 is 1.81 bits per heavy atom. The highest BCUT2D eigenvalue weighted by atomic mass is 32.1. The SMILES string of the molecule is c1ccc(C2(c3ccccc3)c3ccccc3-c3c(-c4ccc(-c5cc6c7ccc8ccccc8c7sc6c6nc7c8ccccc8ccc7n56)cc4)cccc32)cc1. The van der Waals surface area contributed by atoms with E-state index in [0.29, 0.717) is 0 Å². The fourth-order valence-electron chi connectivity index (χ4n) is 10.3. The number of rotatable bonds is 4. The molecule has 0 saturated carbocycles. The van der Waals surface area contributed by atoms with Crippen LogP contribution in [0, 0.1) is 0 Å². The molecule has 3 heterocycles. The normalized spacial score (nSPS) is 13.2. The van der Waals surface area contributed by atoms with Gasteiger partial charge in [0.05, 0.1) is 26.8 Å². The van der Waals surface area contributed by atoms with Gasteiger partial charge in [0, 0.05) is 20.9 Å². The van der Waals surface area contributed by atoms with Crippen LogP contribution < -0.4 is 0 Å². The Morgan fingerprint density at radius 1 is 0.424 bits per heavy atom. The Labute approximate surface area is 344 Å². The standard InChI is InChI=1S/C56H34N2S/c1-3-16-39(17-4-1)56(40-18-5-2-6-19-40)47-24-12-11-22-45(47)51-41(23-13-25-48(51)56)37-26-28-38(29-27-37)50-34-46-44-32-30-36-15-8-10-21-43(36)53(44)59-54(46)55-57-52-42-20-9-7-14-35(42)31-33-49(52)58(50)55/h1-34H.